The molecule has 0 fully saturated rings. The van der Waals surface area contributed by atoms with Crippen molar-refractivity contribution in [1.82, 2.24) is 9.80 Å². The molecule has 1 aromatic rings. The van der Waals surface area contributed by atoms with Crippen molar-refractivity contribution in [3.8, 4) is 0 Å². The Bertz CT molecular complexity index is 627. The lowest BCUT2D eigenvalue weighted by Crippen LogP contribution is -2.48. The van der Waals surface area contributed by atoms with Gasteiger partial charge in [-0.3, -0.25) is 4.90 Å². The van der Waals surface area contributed by atoms with Gasteiger partial charge in [-0.05, 0) is 76.8 Å². The SMILES string of the molecule is CCCN(CCC)CCCCN(Cc1ccc(CN)cc1)C(C(=O)OCC)C(=O)OCC. The number of nitrogens with zero attached hydrogens (tertiary/aromatic N) is 2. The third-order valence-electron chi connectivity index (χ3n) is 5.28. The van der Waals surface area contributed by atoms with Crippen molar-refractivity contribution in [2.75, 3.05) is 39.4 Å². The Morgan fingerprint density at radius 2 is 1.31 bits per heavy atom. The van der Waals surface area contributed by atoms with E-state index in [0.717, 1.165) is 56.4 Å². The maximum absolute atomic E-state index is 12.7. The first-order chi connectivity index (χ1) is 15.5. The first-order valence-electron chi connectivity index (χ1n) is 12.1. The minimum Gasteiger partial charge on any atom is -0.464 e. The Morgan fingerprint density at radius 1 is 0.812 bits per heavy atom. The lowest BCUT2D eigenvalue weighted by Gasteiger charge is -2.29. The Balaban J connectivity index is 2.95. The van der Waals surface area contributed by atoms with Gasteiger partial charge in [-0.25, -0.2) is 9.59 Å². The van der Waals surface area contributed by atoms with Crippen LogP contribution in [0.3, 0.4) is 0 Å². The fourth-order valence-corrected chi connectivity index (χ4v) is 3.77. The summed E-state index contributed by atoms with van der Waals surface area (Å²) in [5, 5.41) is 0. The van der Waals surface area contributed by atoms with Gasteiger partial charge in [0.05, 0.1) is 13.2 Å². The average Bonchev–Trinajstić information content (AvgIpc) is 2.77. The van der Waals surface area contributed by atoms with E-state index in [-0.39, 0.29) is 13.2 Å². The molecule has 7 heteroatoms. The van der Waals surface area contributed by atoms with Crippen molar-refractivity contribution in [1.29, 1.82) is 0 Å². The number of carbonyl (C=O) groups excluding carboxylic acids is 2. The Labute approximate surface area is 194 Å². The number of unbranched alkanes of at least 4 members (excludes halogenated alkanes) is 1. The molecule has 0 heterocycles. The van der Waals surface area contributed by atoms with Crippen LogP contribution < -0.4 is 5.73 Å². The summed E-state index contributed by atoms with van der Waals surface area (Å²) >= 11 is 0. The molecule has 0 aromatic heterocycles. The van der Waals surface area contributed by atoms with Gasteiger partial charge in [-0.2, -0.15) is 0 Å². The summed E-state index contributed by atoms with van der Waals surface area (Å²) in [6.45, 7) is 13.1. The number of hydrogen-bond donors (Lipinski definition) is 1. The lowest BCUT2D eigenvalue weighted by atomic mass is 10.1. The van der Waals surface area contributed by atoms with E-state index in [2.05, 4.69) is 18.7 Å². The van der Waals surface area contributed by atoms with E-state index in [1.807, 2.05) is 29.2 Å². The molecule has 0 aliphatic heterocycles. The number of nitrogens with two attached hydrogens (primary N) is 1. The topological polar surface area (TPSA) is 85.1 Å². The van der Waals surface area contributed by atoms with Crippen molar-refractivity contribution in [2.24, 2.45) is 5.73 Å². The molecule has 7 nitrogen and oxygen atoms in total. The number of rotatable bonds is 17. The lowest BCUT2D eigenvalue weighted by molar-refractivity contribution is -0.164. The quantitative estimate of drug-likeness (QED) is 0.222. The van der Waals surface area contributed by atoms with Crippen molar-refractivity contribution < 1.29 is 19.1 Å². The molecule has 182 valence electrons. The smallest absolute Gasteiger partial charge is 0.335 e. The zero-order chi connectivity index (χ0) is 23.8. The molecule has 1 rings (SSSR count). The highest BCUT2D eigenvalue weighted by molar-refractivity contribution is 5.99. The minimum absolute atomic E-state index is 0.219. The predicted octanol–water partition coefficient (Wildman–Crippen LogP) is 3.34. The molecule has 0 radical (unpaired) electrons. The highest BCUT2D eigenvalue weighted by Crippen LogP contribution is 2.15. The van der Waals surface area contributed by atoms with Crippen molar-refractivity contribution in [2.45, 2.75) is 72.5 Å². The van der Waals surface area contributed by atoms with Gasteiger partial charge in [-0.15, -0.1) is 0 Å². The van der Waals surface area contributed by atoms with Crippen LogP contribution in [0.4, 0.5) is 0 Å². The fourth-order valence-electron chi connectivity index (χ4n) is 3.77. The van der Waals surface area contributed by atoms with Crippen LogP contribution in [0.25, 0.3) is 0 Å². The van der Waals surface area contributed by atoms with Crippen molar-refractivity contribution >= 4 is 11.9 Å². The van der Waals surface area contributed by atoms with Gasteiger partial charge in [0.15, 0.2) is 0 Å². The van der Waals surface area contributed by atoms with Gasteiger partial charge in [0.1, 0.15) is 0 Å². The van der Waals surface area contributed by atoms with Gasteiger partial charge in [0, 0.05) is 13.1 Å². The van der Waals surface area contributed by atoms with E-state index in [9.17, 15) is 9.59 Å². The number of esters is 2. The summed E-state index contributed by atoms with van der Waals surface area (Å²) in [7, 11) is 0. The second-order valence-corrected chi connectivity index (χ2v) is 7.95. The van der Waals surface area contributed by atoms with Crippen molar-refractivity contribution in [3.05, 3.63) is 35.4 Å². The summed E-state index contributed by atoms with van der Waals surface area (Å²) in [6.07, 6.45) is 4.15. The number of hydrogen-bond acceptors (Lipinski definition) is 7. The molecule has 32 heavy (non-hydrogen) atoms. The van der Waals surface area contributed by atoms with Crippen LogP contribution in [-0.4, -0.2) is 67.2 Å². The normalized spacial score (nSPS) is 11.4. The van der Waals surface area contributed by atoms with Crippen LogP contribution in [0.15, 0.2) is 24.3 Å². The van der Waals surface area contributed by atoms with Crippen LogP contribution in [0.1, 0.15) is 64.5 Å². The number of benzene rings is 1. The molecule has 0 aliphatic rings. The van der Waals surface area contributed by atoms with E-state index in [1.54, 1.807) is 13.8 Å². The maximum Gasteiger partial charge on any atom is 0.335 e. The second kappa shape index (κ2) is 16.6. The first kappa shape index (κ1) is 28.1. The molecular weight excluding hydrogens is 406 g/mol. The van der Waals surface area contributed by atoms with Gasteiger partial charge >= 0.3 is 11.9 Å². The Kier molecular flexibility index (Phi) is 14.6. The molecular formula is C25H43N3O4. The van der Waals surface area contributed by atoms with Crippen LogP contribution in [-0.2, 0) is 32.2 Å². The minimum atomic E-state index is -1.06. The summed E-state index contributed by atoms with van der Waals surface area (Å²) in [5.74, 6) is -1.11. The van der Waals surface area contributed by atoms with E-state index in [0.29, 0.717) is 19.6 Å². The Hall–Kier alpha value is -1.96. The maximum atomic E-state index is 12.7. The van der Waals surface area contributed by atoms with Crippen LogP contribution in [0, 0.1) is 0 Å². The van der Waals surface area contributed by atoms with Crippen molar-refractivity contribution in [3.63, 3.8) is 0 Å². The van der Waals surface area contributed by atoms with E-state index >= 15 is 0 Å². The first-order valence-corrected chi connectivity index (χ1v) is 12.1. The molecule has 1 aromatic carbocycles. The van der Waals surface area contributed by atoms with Gasteiger partial charge < -0.3 is 20.1 Å². The third-order valence-corrected chi connectivity index (χ3v) is 5.28. The third kappa shape index (κ3) is 10.1. The molecule has 2 N–H and O–H groups in total. The monoisotopic (exact) mass is 449 g/mol. The highest BCUT2D eigenvalue weighted by atomic mass is 16.6. The zero-order valence-electron chi connectivity index (χ0n) is 20.5. The van der Waals surface area contributed by atoms with Gasteiger partial charge in [0.25, 0.3) is 0 Å². The molecule has 0 atom stereocenters. The van der Waals surface area contributed by atoms with E-state index in [4.69, 9.17) is 15.2 Å². The molecule has 0 amide bonds. The molecule has 0 saturated carbocycles. The molecule has 0 saturated heterocycles. The summed E-state index contributed by atoms with van der Waals surface area (Å²) in [5.41, 5.74) is 7.76. The van der Waals surface area contributed by atoms with Gasteiger partial charge in [-0.1, -0.05) is 38.1 Å². The largest absolute Gasteiger partial charge is 0.464 e. The summed E-state index contributed by atoms with van der Waals surface area (Å²) < 4.78 is 10.5. The van der Waals surface area contributed by atoms with Crippen LogP contribution >= 0.6 is 0 Å². The highest BCUT2D eigenvalue weighted by Gasteiger charge is 2.35. The van der Waals surface area contributed by atoms with E-state index < -0.39 is 18.0 Å². The Morgan fingerprint density at radius 3 is 1.78 bits per heavy atom. The molecule has 0 bridgehead atoms. The average molecular weight is 450 g/mol. The van der Waals surface area contributed by atoms with Gasteiger partial charge in [0.2, 0.25) is 6.04 Å². The molecule has 0 spiro atoms. The summed E-state index contributed by atoms with van der Waals surface area (Å²) in [4.78, 5) is 29.8. The zero-order valence-corrected chi connectivity index (χ0v) is 20.5. The van der Waals surface area contributed by atoms with E-state index in [1.165, 1.54) is 0 Å². The number of carbonyl (C=O) groups is 2. The molecule has 0 aliphatic carbocycles. The summed E-state index contributed by atoms with van der Waals surface area (Å²) in [6, 6.07) is 6.88. The fraction of sp³-hybridized carbons (Fsp3) is 0.680. The predicted molar refractivity (Wildman–Crippen MR) is 128 cm³/mol. The van der Waals surface area contributed by atoms with Crippen LogP contribution in [0.5, 0.6) is 0 Å². The molecule has 0 unspecified atom stereocenters. The number of ether oxygens (including phenoxy) is 2. The van der Waals surface area contributed by atoms with Crippen LogP contribution in [0.2, 0.25) is 0 Å². The second-order valence-electron chi connectivity index (χ2n) is 7.95. The standard InChI is InChI=1S/C25H43N3O4/c1-5-15-27(16-6-2)17-9-10-18-28(20-22-13-11-21(19-26)12-14-22)23(24(29)31-7-3)25(30)32-8-4/h11-14,23H,5-10,15-20,26H2,1-4H3.